The number of nitrogens with one attached hydrogen (secondary N) is 1. The topological polar surface area (TPSA) is 12.0 Å². The van der Waals surface area contributed by atoms with E-state index >= 15 is 0 Å². The molecular weight excluding hydrogens is 170 g/mol. The van der Waals surface area contributed by atoms with Crippen LogP contribution >= 0.6 is 0 Å². The van der Waals surface area contributed by atoms with Crippen molar-refractivity contribution in [3.63, 3.8) is 0 Å². The second-order valence-electron chi connectivity index (χ2n) is 5.07. The lowest BCUT2D eigenvalue weighted by molar-refractivity contribution is 0.365. The van der Waals surface area contributed by atoms with Gasteiger partial charge in [0.15, 0.2) is 0 Å². The van der Waals surface area contributed by atoms with E-state index in [1.54, 1.807) is 0 Å². The zero-order valence-corrected chi connectivity index (χ0v) is 9.34. The third kappa shape index (κ3) is 2.60. The van der Waals surface area contributed by atoms with Crippen molar-refractivity contribution in [3.8, 4) is 0 Å². The van der Waals surface area contributed by atoms with Gasteiger partial charge in [-0.3, -0.25) is 0 Å². The average molecular weight is 193 g/mol. The zero-order valence-electron chi connectivity index (χ0n) is 9.34. The molecule has 1 heteroatoms. The Kier molecular flexibility index (Phi) is 3.63. The SMILES string of the molecule is CC1CCCC1NCC1CC=CCC1. The second-order valence-corrected chi connectivity index (χ2v) is 5.07. The first-order chi connectivity index (χ1) is 6.86. The van der Waals surface area contributed by atoms with Crippen LogP contribution in [-0.2, 0) is 0 Å². The number of rotatable bonds is 3. The first kappa shape index (κ1) is 10.2. The van der Waals surface area contributed by atoms with Gasteiger partial charge in [-0.25, -0.2) is 0 Å². The summed E-state index contributed by atoms with van der Waals surface area (Å²) in [5, 5.41) is 3.77. The highest BCUT2D eigenvalue weighted by atomic mass is 14.9. The van der Waals surface area contributed by atoms with Crippen LogP contribution in [0.2, 0.25) is 0 Å². The van der Waals surface area contributed by atoms with Crippen molar-refractivity contribution >= 4 is 0 Å². The standard InChI is InChI=1S/C13H23N/c1-11-6-5-9-13(11)14-10-12-7-3-2-4-8-12/h2-3,11-14H,4-10H2,1H3. The van der Waals surface area contributed by atoms with E-state index in [-0.39, 0.29) is 0 Å². The number of allylic oxidation sites excluding steroid dienone is 2. The Morgan fingerprint density at radius 3 is 2.79 bits per heavy atom. The van der Waals surface area contributed by atoms with Crippen LogP contribution in [0.5, 0.6) is 0 Å². The van der Waals surface area contributed by atoms with Crippen LogP contribution < -0.4 is 5.32 Å². The third-order valence-corrected chi connectivity index (χ3v) is 3.91. The molecule has 0 aromatic carbocycles. The summed E-state index contributed by atoms with van der Waals surface area (Å²) in [5.41, 5.74) is 0. The molecule has 0 aromatic rings. The van der Waals surface area contributed by atoms with Gasteiger partial charge in [0.2, 0.25) is 0 Å². The highest BCUT2D eigenvalue weighted by molar-refractivity contribution is 4.91. The minimum atomic E-state index is 0.820. The van der Waals surface area contributed by atoms with Crippen LogP contribution in [0.4, 0.5) is 0 Å². The second kappa shape index (κ2) is 4.97. The minimum Gasteiger partial charge on any atom is -0.313 e. The highest BCUT2D eigenvalue weighted by Crippen LogP contribution is 2.25. The maximum absolute atomic E-state index is 3.77. The van der Waals surface area contributed by atoms with Crippen LogP contribution in [-0.4, -0.2) is 12.6 Å². The van der Waals surface area contributed by atoms with Crippen molar-refractivity contribution in [2.45, 2.75) is 51.5 Å². The van der Waals surface area contributed by atoms with E-state index < -0.39 is 0 Å². The Morgan fingerprint density at radius 1 is 1.21 bits per heavy atom. The summed E-state index contributed by atoms with van der Waals surface area (Å²) in [5.74, 6) is 1.82. The van der Waals surface area contributed by atoms with Crippen LogP contribution in [0, 0.1) is 11.8 Å². The van der Waals surface area contributed by atoms with E-state index in [0.29, 0.717) is 0 Å². The van der Waals surface area contributed by atoms with Gasteiger partial charge in [0.05, 0.1) is 0 Å². The summed E-state index contributed by atoms with van der Waals surface area (Å²) in [6, 6.07) is 0.820. The smallest absolute Gasteiger partial charge is 0.00928 e. The van der Waals surface area contributed by atoms with Crippen LogP contribution in [0.15, 0.2) is 12.2 Å². The molecule has 0 heterocycles. The van der Waals surface area contributed by atoms with E-state index in [9.17, 15) is 0 Å². The normalized spacial score (nSPS) is 37.6. The molecule has 1 fully saturated rings. The predicted octanol–water partition coefficient (Wildman–Crippen LogP) is 3.12. The molecule has 0 aromatic heterocycles. The summed E-state index contributed by atoms with van der Waals surface area (Å²) in [7, 11) is 0. The van der Waals surface area contributed by atoms with Crippen LogP contribution in [0.25, 0.3) is 0 Å². The molecule has 0 amide bonds. The Bertz CT molecular complexity index is 197. The number of hydrogen-bond acceptors (Lipinski definition) is 1. The lowest BCUT2D eigenvalue weighted by Crippen LogP contribution is -2.35. The third-order valence-electron chi connectivity index (χ3n) is 3.91. The molecule has 3 unspecified atom stereocenters. The predicted molar refractivity (Wildman–Crippen MR) is 61.3 cm³/mol. The Labute approximate surface area is 88.0 Å². The van der Waals surface area contributed by atoms with Gasteiger partial charge in [-0.2, -0.15) is 0 Å². The Morgan fingerprint density at radius 2 is 2.14 bits per heavy atom. The molecule has 0 aliphatic heterocycles. The maximum Gasteiger partial charge on any atom is 0.00928 e. The lowest BCUT2D eigenvalue weighted by Gasteiger charge is -2.23. The van der Waals surface area contributed by atoms with Gasteiger partial charge in [0.1, 0.15) is 0 Å². The molecule has 0 radical (unpaired) electrons. The van der Waals surface area contributed by atoms with E-state index in [0.717, 1.165) is 17.9 Å². The van der Waals surface area contributed by atoms with E-state index in [2.05, 4.69) is 24.4 Å². The van der Waals surface area contributed by atoms with Gasteiger partial charge in [-0.15, -0.1) is 0 Å². The largest absolute Gasteiger partial charge is 0.313 e. The van der Waals surface area contributed by atoms with Crippen molar-refractivity contribution < 1.29 is 0 Å². The minimum absolute atomic E-state index is 0.820. The monoisotopic (exact) mass is 193 g/mol. The maximum atomic E-state index is 3.77. The van der Waals surface area contributed by atoms with E-state index in [1.165, 1.54) is 45.1 Å². The molecule has 0 spiro atoms. The molecule has 80 valence electrons. The van der Waals surface area contributed by atoms with Gasteiger partial charge < -0.3 is 5.32 Å². The first-order valence-corrected chi connectivity index (χ1v) is 6.24. The highest BCUT2D eigenvalue weighted by Gasteiger charge is 2.23. The summed E-state index contributed by atoms with van der Waals surface area (Å²) in [6.45, 7) is 3.64. The van der Waals surface area contributed by atoms with Gasteiger partial charge in [-0.1, -0.05) is 25.5 Å². The van der Waals surface area contributed by atoms with Gasteiger partial charge in [0.25, 0.3) is 0 Å². The fourth-order valence-corrected chi connectivity index (χ4v) is 2.81. The summed E-state index contributed by atoms with van der Waals surface area (Å²) < 4.78 is 0. The zero-order chi connectivity index (χ0) is 9.80. The van der Waals surface area contributed by atoms with Gasteiger partial charge >= 0.3 is 0 Å². The fraction of sp³-hybridized carbons (Fsp3) is 0.846. The molecule has 3 atom stereocenters. The summed E-state index contributed by atoms with van der Waals surface area (Å²) in [4.78, 5) is 0. The fourth-order valence-electron chi connectivity index (χ4n) is 2.81. The Balaban J connectivity index is 1.68. The molecule has 0 bridgehead atoms. The van der Waals surface area contributed by atoms with Crippen molar-refractivity contribution in [1.29, 1.82) is 0 Å². The number of hydrogen-bond donors (Lipinski definition) is 1. The molecule has 1 saturated carbocycles. The lowest BCUT2D eigenvalue weighted by atomic mass is 9.94. The quantitative estimate of drug-likeness (QED) is 0.679. The van der Waals surface area contributed by atoms with Crippen molar-refractivity contribution in [1.82, 2.24) is 5.32 Å². The van der Waals surface area contributed by atoms with Crippen LogP contribution in [0.3, 0.4) is 0 Å². The molecule has 2 aliphatic rings. The van der Waals surface area contributed by atoms with Crippen molar-refractivity contribution in [2.24, 2.45) is 11.8 Å². The van der Waals surface area contributed by atoms with E-state index in [1.807, 2.05) is 0 Å². The van der Waals surface area contributed by atoms with Gasteiger partial charge in [0, 0.05) is 6.04 Å². The molecule has 1 N–H and O–H groups in total. The molecule has 2 rings (SSSR count). The van der Waals surface area contributed by atoms with Gasteiger partial charge in [-0.05, 0) is 50.5 Å². The van der Waals surface area contributed by atoms with E-state index in [4.69, 9.17) is 0 Å². The average Bonchev–Trinajstić information content (AvgIpc) is 2.63. The molecule has 2 aliphatic carbocycles. The molecule has 0 saturated heterocycles. The van der Waals surface area contributed by atoms with Crippen molar-refractivity contribution in [3.05, 3.63) is 12.2 Å². The Hall–Kier alpha value is -0.300. The molecule has 1 nitrogen and oxygen atoms in total. The summed E-state index contributed by atoms with van der Waals surface area (Å²) >= 11 is 0. The van der Waals surface area contributed by atoms with Crippen molar-refractivity contribution in [2.75, 3.05) is 6.54 Å². The van der Waals surface area contributed by atoms with Crippen LogP contribution in [0.1, 0.15) is 45.4 Å². The molecule has 14 heavy (non-hydrogen) atoms. The molecular formula is C13H23N. The summed E-state index contributed by atoms with van der Waals surface area (Å²) in [6.07, 6.45) is 12.9. The first-order valence-electron chi connectivity index (χ1n) is 6.24.